The summed E-state index contributed by atoms with van der Waals surface area (Å²) in [5.41, 5.74) is 0. The van der Waals surface area contributed by atoms with E-state index in [2.05, 4.69) is 0 Å². The Kier molecular flexibility index (Phi) is 2.38. The summed E-state index contributed by atoms with van der Waals surface area (Å²) in [5, 5.41) is 0. The molecule has 1 aliphatic rings. The van der Waals surface area contributed by atoms with Crippen molar-refractivity contribution in [2.75, 3.05) is 14.1 Å². The molecule has 76 valence electrons. The molecule has 1 unspecified atom stereocenters. The molecule has 1 heterocycles. The Morgan fingerprint density at radius 1 is 1.31 bits per heavy atom. The van der Waals surface area contributed by atoms with E-state index in [1.165, 1.54) is 14.1 Å². The van der Waals surface area contributed by atoms with Crippen LogP contribution in [0.15, 0.2) is 0 Å². The van der Waals surface area contributed by atoms with Crippen LogP contribution in [0.1, 0.15) is 13.8 Å². The van der Waals surface area contributed by atoms with E-state index in [-0.39, 0.29) is 11.8 Å². The van der Waals surface area contributed by atoms with Gasteiger partial charge in [-0.2, -0.15) is 12.7 Å². The molecule has 0 N–H and O–H groups in total. The molecule has 0 spiro atoms. The lowest BCUT2D eigenvalue weighted by atomic mass is 10.0. The molecule has 1 fully saturated rings. The average molecular weight is 206 g/mol. The molecule has 1 atom stereocenters. The largest absolute Gasteiger partial charge is 0.306 e. The van der Waals surface area contributed by atoms with E-state index in [0.29, 0.717) is 0 Å². The summed E-state index contributed by atoms with van der Waals surface area (Å²) in [5.74, 6) is -0.352. The van der Waals surface area contributed by atoms with Crippen molar-refractivity contribution in [2.45, 2.75) is 19.9 Å². The van der Waals surface area contributed by atoms with Gasteiger partial charge >= 0.3 is 10.2 Å². The van der Waals surface area contributed by atoms with Crippen LogP contribution < -0.4 is 0 Å². The van der Waals surface area contributed by atoms with E-state index in [1.807, 2.05) is 13.8 Å². The van der Waals surface area contributed by atoms with Crippen LogP contribution in [0.3, 0.4) is 0 Å². The predicted molar refractivity (Wildman–Crippen MR) is 48.1 cm³/mol. The number of likely N-dealkylation sites (N-methyl/N-ethyl adjacent to an activating group) is 2. The van der Waals surface area contributed by atoms with Crippen molar-refractivity contribution in [3.8, 4) is 0 Å². The first-order chi connectivity index (χ1) is 5.80. The number of rotatable bonds is 1. The zero-order valence-electron chi connectivity index (χ0n) is 8.18. The molecule has 1 aliphatic heterocycles. The molecular weight excluding hydrogens is 192 g/mol. The Morgan fingerprint density at radius 2 is 1.77 bits per heavy atom. The molecule has 0 aromatic rings. The number of carbonyl (C=O) groups excluding carboxylic acids is 1. The summed E-state index contributed by atoms with van der Waals surface area (Å²) in [4.78, 5) is 11.5. The lowest BCUT2D eigenvalue weighted by Crippen LogP contribution is -2.35. The third-order valence-electron chi connectivity index (χ3n) is 2.30. The monoisotopic (exact) mass is 206 g/mol. The van der Waals surface area contributed by atoms with Gasteiger partial charge in [0.25, 0.3) is 5.91 Å². The van der Waals surface area contributed by atoms with Crippen LogP contribution in [0.2, 0.25) is 0 Å². The highest BCUT2D eigenvalue weighted by molar-refractivity contribution is 7.87. The average Bonchev–Trinajstić information content (AvgIpc) is 2.14. The van der Waals surface area contributed by atoms with Crippen LogP contribution in [-0.2, 0) is 15.0 Å². The molecule has 0 aliphatic carbocycles. The van der Waals surface area contributed by atoms with E-state index < -0.39 is 16.3 Å². The first-order valence-corrected chi connectivity index (χ1v) is 5.45. The summed E-state index contributed by atoms with van der Waals surface area (Å²) >= 11 is 0. The van der Waals surface area contributed by atoms with E-state index >= 15 is 0 Å². The van der Waals surface area contributed by atoms with Crippen LogP contribution in [-0.4, -0.2) is 43.1 Å². The molecular formula is C7H14N2O3S. The summed E-state index contributed by atoms with van der Waals surface area (Å²) in [6.07, 6.45) is 0. The van der Waals surface area contributed by atoms with Gasteiger partial charge in [-0.3, -0.25) is 4.79 Å². The van der Waals surface area contributed by atoms with Gasteiger partial charge in [-0.25, -0.2) is 4.31 Å². The second-order valence-corrected chi connectivity index (χ2v) is 5.54. The van der Waals surface area contributed by atoms with Crippen molar-refractivity contribution in [1.82, 2.24) is 8.61 Å². The van der Waals surface area contributed by atoms with Gasteiger partial charge in [-0.1, -0.05) is 13.8 Å². The molecule has 0 radical (unpaired) electrons. The van der Waals surface area contributed by atoms with Gasteiger partial charge in [0.2, 0.25) is 0 Å². The Balaban J connectivity index is 3.14. The second kappa shape index (κ2) is 2.95. The standard InChI is InChI=1S/C7H14N2O3S/c1-5(2)6-7(10)9(4)13(11,12)8(6)3/h5-6H,1-4H3. The second-order valence-electron chi connectivity index (χ2n) is 3.52. The van der Waals surface area contributed by atoms with E-state index in [0.717, 1.165) is 8.61 Å². The van der Waals surface area contributed by atoms with Crippen LogP contribution >= 0.6 is 0 Å². The lowest BCUT2D eigenvalue weighted by molar-refractivity contribution is -0.128. The fourth-order valence-electron chi connectivity index (χ4n) is 1.50. The Hall–Kier alpha value is -0.620. The smallest absolute Gasteiger partial charge is 0.272 e. The molecule has 1 saturated heterocycles. The summed E-state index contributed by atoms with van der Waals surface area (Å²) in [6, 6.07) is -0.546. The topological polar surface area (TPSA) is 57.7 Å². The fraction of sp³-hybridized carbons (Fsp3) is 0.857. The summed E-state index contributed by atoms with van der Waals surface area (Å²) in [6.45, 7) is 3.65. The maximum atomic E-state index is 11.5. The van der Waals surface area contributed by atoms with Gasteiger partial charge in [0.05, 0.1) is 0 Å². The minimum atomic E-state index is -3.53. The highest BCUT2D eigenvalue weighted by atomic mass is 32.2. The number of amides is 1. The van der Waals surface area contributed by atoms with Gasteiger partial charge in [0.1, 0.15) is 6.04 Å². The highest BCUT2D eigenvalue weighted by Crippen LogP contribution is 2.24. The van der Waals surface area contributed by atoms with Gasteiger partial charge in [-0.15, -0.1) is 0 Å². The molecule has 6 heteroatoms. The van der Waals surface area contributed by atoms with E-state index in [9.17, 15) is 13.2 Å². The number of nitrogens with zero attached hydrogens (tertiary/aromatic N) is 2. The van der Waals surface area contributed by atoms with Crippen molar-refractivity contribution >= 4 is 16.1 Å². The molecule has 0 aromatic carbocycles. The maximum absolute atomic E-state index is 11.5. The molecule has 0 saturated carbocycles. The van der Waals surface area contributed by atoms with E-state index in [1.54, 1.807) is 0 Å². The molecule has 5 nitrogen and oxygen atoms in total. The van der Waals surface area contributed by atoms with E-state index in [4.69, 9.17) is 0 Å². The zero-order valence-corrected chi connectivity index (χ0v) is 9.00. The number of carbonyl (C=O) groups is 1. The third-order valence-corrected chi connectivity index (χ3v) is 4.12. The molecule has 13 heavy (non-hydrogen) atoms. The van der Waals surface area contributed by atoms with Gasteiger partial charge in [0.15, 0.2) is 0 Å². The third kappa shape index (κ3) is 1.34. The van der Waals surface area contributed by atoms with Gasteiger partial charge < -0.3 is 0 Å². The normalized spacial score (nSPS) is 28.8. The first-order valence-electron chi connectivity index (χ1n) is 4.06. The first kappa shape index (κ1) is 10.5. The SMILES string of the molecule is CC(C)C1C(=O)N(C)S(=O)(=O)N1C. The minimum Gasteiger partial charge on any atom is -0.272 e. The van der Waals surface area contributed by atoms with Crippen molar-refractivity contribution in [3.63, 3.8) is 0 Å². The fourth-order valence-corrected chi connectivity index (χ4v) is 2.84. The van der Waals surface area contributed by atoms with Crippen molar-refractivity contribution < 1.29 is 13.2 Å². The van der Waals surface area contributed by atoms with Crippen molar-refractivity contribution in [2.24, 2.45) is 5.92 Å². The molecule has 1 amide bonds. The number of hydrogen-bond acceptors (Lipinski definition) is 3. The Bertz CT molecular complexity index is 323. The zero-order chi connectivity index (χ0) is 10.4. The van der Waals surface area contributed by atoms with Crippen LogP contribution in [0.5, 0.6) is 0 Å². The van der Waals surface area contributed by atoms with Crippen LogP contribution in [0, 0.1) is 5.92 Å². The number of hydrogen-bond donors (Lipinski definition) is 0. The van der Waals surface area contributed by atoms with Crippen LogP contribution in [0.25, 0.3) is 0 Å². The highest BCUT2D eigenvalue weighted by Gasteiger charge is 2.47. The van der Waals surface area contributed by atoms with Gasteiger partial charge in [-0.05, 0) is 5.92 Å². The maximum Gasteiger partial charge on any atom is 0.306 e. The Morgan fingerprint density at radius 3 is 1.92 bits per heavy atom. The minimum absolute atomic E-state index is 0.00257. The van der Waals surface area contributed by atoms with Gasteiger partial charge in [0, 0.05) is 14.1 Å². The quantitative estimate of drug-likeness (QED) is 0.589. The predicted octanol–water partition coefficient (Wildman–Crippen LogP) is -0.340. The summed E-state index contributed by atoms with van der Waals surface area (Å²) in [7, 11) is -0.810. The van der Waals surface area contributed by atoms with Crippen LogP contribution in [0.4, 0.5) is 0 Å². The van der Waals surface area contributed by atoms with Crippen molar-refractivity contribution in [3.05, 3.63) is 0 Å². The summed E-state index contributed by atoms with van der Waals surface area (Å²) < 4.78 is 24.8. The lowest BCUT2D eigenvalue weighted by Gasteiger charge is -2.17. The molecule has 0 aromatic heterocycles. The molecule has 0 bridgehead atoms. The Labute approximate surface area is 78.5 Å². The van der Waals surface area contributed by atoms with Crippen molar-refractivity contribution in [1.29, 1.82) is 0 Å². The molecule has 1 rings (SSSR count).